The second-order valence-corrected chi connectivity index (χ2v) is 3.21. The summed E-state index contributed by atoms with van der Waals surface area (Å²) < 4.78 is 0. The molecule has 1 aliphatic rings. The molecule has 5 heteroatoms. The summed E-state index contributed by atoms with van der Waals surface area (Å²) in [6.45, 7) is 1.73. The second kappa shape index (κ2) is 3.74. The van der Waals surface area contributed by atoms with Crippen LogP contribution in [0, 0.1) is 0 Å². The molecule has 0 saturated carbocycles. The van der Waals surface area contributed by atoms with E-state index in [0.29, 0.717) is 19.4 Å². The zero-order chi connectivity index (χ0) is 10.0. The number of aliphatic hydroxyl groups is 1. The average molecular weight is 187 g/mol. The lowest BCUT2D eigenvalue weighted by atomic mass is 9.99. The molecule has 2 atom stereocenters. The lowest BCUT2D eigenvalue weighted by Gasteiger charge is -2.35. The highest BCUT2D eigenvalue weighted by Crippen LogP contribution is 2.17. The Kier molecular flexibility index (Phi) is 2.87. The molecule has 2 unspecified atom stereocenters. The van der Waals surface area contributed by atoms with E-state index in [-0.39, 0.29) is 5.91 Å². The fourth-order valence-electron chi connectivity index (χ4n) is 1.63. The van der Waals surface area contributed by atoms with Gasteiger partial charge in [-0.2, -0.15) is 0 Å². The molecule has 0 aliphatic carbocycles. The maximum atomic E-state index is 11.0. The van der Waals surface area contributed by atoms with Gasteiger partial charge in [-0.3, -0.25) is 4.79 Å². The normalized spacial score (nSPS) is 28.6. The summed E-state index contributed by atoms with van der Waals surface area (Å²) in [6, 6.07) is -1.06. The molecule has 1 aliphatic heterocycles. The van der Waals surface area contributed by atoms with E-state index in [1.807, 2.05) is 0 Å². The zero-order valence-corrected chi connectivity index (χ0v) is 7.43. The molecular weight excluding hydrogens is 174 g/mol. The van der Waals surface area contributed by atoms with Crippen molar-refractivity contribution in [1.82, 2.24) is 4.90 Å². The third-order valence-corrected chi connectivity index (χ3v) is 2.26. The van der Waals surface area contributed by atoms with Crippen molar-refractivity contribution in [3.05, 3.63) is 0 Å². The van der Waals surface area contributed by atoms with E-state index in [2.05, 4.69) is 0 Å². The number of aliphatic hydroxyl groups excluding tert-OH is 1. The van der Waals surface area contributed by atoms with E-state index in [1.165, 1.54) is 11.8 Å². The van der Waals surface area contributed by atoms with E-state index >= 15 is 0 Å². The van der Waals surface area contributed by atoms with Crippen molar-refractivity contribution in [1.29, 1.82) is 0 Å². The third kappa shape index (κ3) is 1.98. The summed E-state index contributed by atoms with van der Waals surface area (Å²) >= 11 is 0. The molecule has 0 aromatic heterocycles. The van der Waals surface area contributed by atoms with Crippen molar-refractivity contribution in [2.45, 2.75) is 31.9 Å². The largest absolute Gasteiger partial charge is 0.480 e. The van der Waals surface area contributed by atoms with Gasteiger partial charge in [0, 0.05) is 13.5 Å². The standard InChI is InChI=1S/C8H13NO4/c1-5(10)9-4-2-3-6(11)7(9)8(12)13/h6-7,11H,2-4H2,1H3,(H,12,13). The number of carbonyl (C=O) groups is 2. The van der Waals surface area contributed by atoms with Crippen molar-refractivity contribution >= 4 is 11.9 Å². The molecule has 13 heavy (non-hydrogen) atoms. The maximum Gasteiger partial charge on any atom is 0.329 e. The van der Waals surface area contributed by atoms with Crippen LogP contribution in [-0.2, 0) is 9.59 Å². The highest BCUT2D eigenvalue weighted by atomic mass is 16.4. The number of carboxylic acids is 1. The van der Waals surface area contributed by atoms with Gasteiger partial charge in [-0.15, -0.1) is 0 Å². The molecule has 5 nitrogen and oxygen atoms in total. The SMILES string of the molecule is CC(=O)N1CCCC(O)C1C(=O)O. The molecule has 74 valence electrons. The van der Waals surface area contributed by atoms with Crippen LogP contribution in [0.1, 0.15) is 19.8 Å². The molecule has 0 spiro atoms. The van der Waals surface area contributed by atoms with Crippen molar-refractivity contribution in [2.75, 3.05) is 6.54 Å². The third-order valence-electron chi connectivity index (χ3n) is 2.26. The minimum Gasteiger partial charge on any atom is -0.480 e. The first-order chi connectivity index (χ1) is 6.04. The van der Waals surface area contributed by atoms with Gasteiger partial charge in [0.15, 0.2) is 6.04 Å². The number of hydrogen-bond acceptors (Lipinski definition) is 3. The van der Waals surface area contributed by atoms with Crippen LogP contribution in [0.3, 0.4) is 0 Å². The molecule has 1 fully saturated rings. The first-order valence-corrected chi connectivity index (χ1v) is 4.22. The van der Waals surface area contributed by atoms with Crippen molar-refractivity contribution in [2.24, 2.45) is 0 Å². The van der Waals surface area contributed by atoms with E-state index in [9.17, 15) is 14.7 Å². The van der Waals surface area contributed by atoms with E-state index < -0.39 is 18.1 Å². The van der Waals surface area contributed by atoms with Crippen molar-refractivity contribution < 1.29 is 19.8 Å². The van der Waals surface area contributed by atoms with E-state index in [0.717, 1.165) is 0 Å². The summed E-state index contributed by atoms with van der Waals surface area (Å²) in [7, 11) is 0. The lowest BCUT2D eigenvalue weighted by molar-refractivity contribution is -0.157. The van der Waals surface area contributed by atoms with Gasteiger partial charge in [0.1, 0.15) is 0 Å². The van der Waals surface area contributed by atoms with Gasteiger partial charge in [-0.05, 0) is 12.8 Å². The zero-order valence-electron chi connectivity index (χ0n) is 7.43. The van der Waals surface area contributed by atoms with Gasteiger partial charge >= 0.3 is 5.97 Å². The number of carbonyl (C=O) groups excluding carboxylic acids is 1. The van der Waals surface area contributed by atoms with Gasteiger partial charge in [-0.1, -0.05) is 0 Å². The van der Waals surface area contributed by atoms with Crippen molar-refractivity contribution in [3.63, 3.8) is 0 Å². The summed E-state index contributed by atoms with van der Waals surface area (Å²) in [5.74, 6) is -1.44. The Bertz CT molecular complexity index is 228. The predicted octanol–water partition coefficient (Wildman–Crippen LogP) is -0.557. The average Bonchev–Trinajstić information content (AvgIpc) is 2.02. The van der Waals surface area contributed by atoms with Crippen LogP contribution in [0.15, 0.2) is 0 Å². The summed E-state index contributed by atoms with van der Waals surface area (Å²) in [4.78, 5) is 22.9. The number of hydrogen-bond donors (Lipinski definition) is 2. The monoisotopic (exact) mass is 187 g/mol. The lowest BCUT2D eigenvalue weighted by Crippen LogP contribution is -2.54. The molecule has 1 saturated heterocycles. The number of piperidine rings is 1. The van der Waals surface area contributed by atoms with Crippen LogP contribution in [0.5, 0.6) is 0 Å². The van der Waals surface area contributed by atoms with Crippen LogP contribution >= 0.6 is 0 Å². The topological polar surface area (TPSA) is 77.8 Å². The molecule has 0 bridgehead atoms. The van der Waals surface area contributed by atoms with Crippen LogP contribution in [0.25, 0.3) is 0 Å². The number of likely N-dealkylation sites (tertiary alicyclic amines) is 1. The Balaban J connectivity index is 2.80. The molecule has 0 aromatic carbocycles. The van der Waals surface area contributed by atoms with Gasteiger partial charge in [-0.25, -0.2) is 4.79 Å². The number of carboxylic acid groups (broad SMARTS) is 1. The Morgan fingerprint density at radius 2 is 2.08 bits per heavy atom. The summed E-state index contributed by atoms with van der Waals surface area (Å²) in [6.07, 6.45) is 0.167. The number of aliphatic carboxylic acids is 1. The van der Waals surface area contributed by atoms with Gasteiger partial charge in [0.05, 0.1) is 6.10 Å². The molecule has 0 aromatic rings. The molecular formula is C8H13NO4. The van der Waals surface area contributed by atoms with Crippen LogP contribution in [0.2, 0.25) is 0 Å². The Morgan fingerprint density at radius 1 is 1.46 bits per heavy atom. The fraction of sp³-hybridized carbons (Fsp3) is 0.750. The first-order valence-electron chi connectivity index (χ1n) is 4.22. The number of nitrogens with zero attached hydrogens (tertiary/aromatic N) is 1. The molecule has 2 N–H and O–H groups in total. The molecule has 0 radical (unpaired) electrons. The Labute approximate surface area is 76.0 Å². The van der Waals surface area contributed by atoms with Crippen molar-refractivity contribution in [3.8, 4) is 0 Å². The summed E-state index contributed by atoms with van der Waals surface area (Å²) in [5, 5.41) is 18.2. The van der Waals surface area contributed by atoms with Gasteiger partial charge in [0.2, 0.25) is 5.91 Å². The highest BCUT2D eigenvalue weighted by molar-refractivity contribution is 5.83. The van der Waals surface area contributed by atoms with Gasteiger partial charge < -0.3 is 15.1 Å². The first kappa shape index (κ1) is 9.98. The van der Waals surface area contributed by atoms with Crippen LogP contribution < -0.4 is 0 Å². The fourth-order valence-corrected chi connectivity index (χ4v) is 1.63. The molecule has 1 heterocycles. The smallest absolute Gasteiger partial charge is 0.329 e. The van der Waals surface area contributed by atoms with Crippen LogP contribution in [0.4, 0.5) is 0 Å². The van der Waals surface area contributed by atoms with E-state index in [4.69, 9.17) is 5.11 Å². The van der Waals surface area contributed by atoms with Crippen LogP contribution in [-0.4, -0.2) is 45.7 Å². The number of rotatable bonds is 1. The molecule has 1 amide bonds. The predicted molar refractivity (Wildman–Crippen MR) is 44.1 cm³/mol. The summed E-state index contributed by atoms with van der Waals surface area (Å²) in [5.41, 5.74) is 0. The number of amides is 1. The Hall–Kier alpha value is -1.10. The molecule has 1 rings (SSSR count). The minimum absolute atomic E-state index is 0.300. The van der Waals surface area contributed by atoms with Gasteiger partial charge in [0.25, 0.3) is 0 Å². The van der Waals surface area contributed by atoms with E-state index in [1.54, 1.807) is 0 Å². The highest BCUT2D eigenvalue weighted by Gasteiger charge is 2.36. The Morgan fingerprint density at radius 3 is 2.46 bits per heavy atom. The minimum atomic E-state index is -1.14. The second-order valence-electron chi connectivity index (χ2n) is 3.21. The quantitative estimate of drug-likeness (QED) is 0.577. The maximum absolute atomic E-state index is 11.0.